The zero-order valence-electron chi connectivity index (χ0n) is 21.7. The van der Waals surface area contributed by atoms with Gasteiger partial charge >= 0.3 is 0 Å². The van der Waals surface area contributed by atoms with Crippen molar-refractivity contribution < 1.29 is 18.4 Å². The molecule has 0 unspecified atom stereocenters. The maximum atomic E-state index is 13.3. The summed E-state index contributed by atoms with van der Waals surface area (Å²) >= 11 is 1.71. The minimum Gasteiger partial charge on any atom is -0.338 e. The standard InChI is InChI=1S/C25H33N7O4S2/c1-29(2)9-10-30(3)18-23-22(8-15-37-23)19-4-6-21(7-5-19)38(35,36)32-13-11-31(12-14-32)25-26-16-20(17-27-25)24(33)28-34/h4-8,15-17,34H,9-14,18H2,1-3H3,(H,28,33). The predicted octanol–water partition coefficient (Wildman–Crippen LogP) is 1.83. The van der Waals surface area contributed by atoms with Crippen LogP contribution in [0.4, 0.5) is 5.95 Å². The van der Waals surface area contributed by atoms with Crippen molar-refractivity contribution in [1.29, 1.82) is 0 Å². The highest BCUT2D eigenvalue weighted by Crippen LogP contribution is 2.30. The molecule has 2 N–H and O–H groups in total. The third-order valence-corrected chi connectivity index (χ3v) is 9.23. The molecule has 2 aromatic heterocycles. The van der Waals surface area contributed by atoms with Crippen LogP contribution in [0.3, 0.4) is 0 Å². The number of thiophene rings is 1. The highest BCUT2D eigenvalue weighted by atomic mass is 32.2. The van der Waals surface area contributed by atoms with Crippen LogP contribution in [0.15, 0.2) is 53.0 Å². The quantitative estimate of drug-likeness (QED) is 0.283. The van der Waals surface area contributed by atoms with E-state index in [1.165, 1.54) is 27.1 Å². The van der Waals surface area contributed by atoms with Crippen molar-refractivity contribution in [1.82, 2.24) is 29.6 Å². The van der Waals surface area contributed by atoms with Crippen LogP contribution >= 0.6 is 11.3 Å². The van der Waals surface area contributed by atoms with E-state index in [0.717, 1.165) is 30.8 Å². The molecule has 0 radical (unpaired) electrons. The molecule has 1 aliphatic heterocycles. The van der Waals surface area contributed by atoms with Crippen molar-refractivity contribution in [3.8, 4) is 11.1 Å². The second kappa shape index (κ2) is 12.3. The lowest BCUT2D eigenvalue weighted by Crippen LogP contribution is -2.49. The summed E-state index contributed by atoms with van der Waals surface area (Å²) in [6.07, 6.45) is 2.64. The van der Waals surface area contributed by atoms with E-state index < -0.39 is 15.9 Å². The number of hydrogen-bond acceptors (Lipinski definition) is 10. The number of piperazine rings is 1. The number of hydroxylamine groups is 1. The van der Waals surface area contributed by atoms with Gasteiger partial charge in [0.2, 0.25) is 16.0 Å². The fraction of sp³-hybridized carbons (Fsp3) is 0.400. The summed E-state index contributed by atoms with van der Waals surface area (Å²) in [6, 6.07) is 9.22. The summed E-state index contributed by atoms with van der Waals surface area (Å²) < 4.78 is 28.1. The van der Waals surface area contributed by atoms with E-state index >= 15 is 0 Å². The number of nitrogens with zero attached hydrogens (tertiary/aromatic N) is 6. The fourth-order valence-electron chi connectivity index (χ4n) is 4.17. The summed E-state index contributed by atoms with van der Waals surface area (Å²) in [5.41, 5.74) is 3.80. The van der Waals surface area contributed by atoms with Gasteiger partial charge in [0.25, 0.3) is 5.91 Å². The molecule has 3 aromatic rings. The Labute approximate surface area is 227 Å². The Morgan fingerprint density at radius 3 is 2.29 bits per heavy atom. The second-order valence-corrected chi connectivity index (χ2v) is 12.4. The van der Waals surface area contributed by atoms with E-state index in [4.69, 9.17) is 5.21 Å². The molecular weight excluding hydrogens is 526 g/mol. The molecule has 1 amide bonds. The molecule has 13 heteroatoms. The van der Waals surface area contributed by atoms with Crippen molar-refractivity contribution in [2.75, 3.05) is 65.3 Å². The van der Waals surface area contributed by atoms with Gasteiger partial charge in [-0.15, -0.1) is 11.3 Å². The molecule has 1 aromatic carbocycles. The number of hydrogen-bond donors (Lipinski definition) is 2. The molecule has 0 saturated carbocycles. The van der Waals surface area contributed by atoms with E-state index in [-0.39, 0.29) is 10.5 Å². The molecule has 0 aliphatic carbocycles. The van der Waals surface area contributed by atoms with Crippen LogP contribution in [0.5, 0.6) is 0 Å². The second-order valence-electron chi connectivity index (χ2n) is 9.43. The lowest BCUT2D eigenvalue weighted by molar-refractivity contribution is 0.0705. The number of carbonyl (C=O) groups excluding carboxylic acids is 1. The summed E-state index contributed by atoms with van der Waals surface area (Å²) in [4.78, 5) is 27.6. The topological polar surface area (TPSA) is 122 Å². The Balaban J connectivity index is 1.39. The lowest BCUT2D eigenvalue weighted by atomic mass is 10.1. The van der Waals surface area contributed by atoms with Gasteiger partial charge in [0.1, 0.15) is 0 Å². The Bertz CT molecular complexity index is 1320. The number of likely N-dealkylation sites (N-methyl/N-ethyl adjacent to an activating group) is 2. The van der Waals surface area contributed by atoms with E-state index in [2.05, 4.69) is 52.4 Å². The van der Waals surface area contributed by atoms with Crippen molar-refractivity contribution in [2.24, 2.45) is 0 Å². The average molecular weight is 560 g/mol. The SMILES string of the molecule is CN(C)CCN(C)Cc1sccc1-c1ccc(S(=O)(=O)N2CCN(c3ncc(C(=O)NO)cn3)CC2)cc1. The molecule has 1 saturated heterocycles. The smallest absolute Gasteiger partial charge is 0.277 e. The molecule has 0 atom stereocenters. The summed E-state index contributed by atoms with van der Waals surface area (Å²) in [5, 5.41) is 10.8. The van der Waals surface area contributed by atoms with Crippen molar-refractivity contribution >= 4 is 33.2 Å². The van der Waals surface area contributed by atoms with Crippen LogP contribution in [-0.2, 0) is 16.6 Å². The molecule has 4 rings (SSSR count). The first kappa shape index (κ1) is 28.1. The van der Waals surface area contributed by atoms with Crippen LogP contribution in [0, 0.1) is 0 Å². The number of sulfonamides is 1. The number of amides is 1. The Kier molecular flexibility index (Phi) is 9.07. The summed E-state index contributed by atoms with van der Waals surface area (Å²) in [5.74, 6) is -0.291. The number of anilines is 1. The van der Waals surface area contributed by atoms with E-state index in [9.17, 15) is 13.2 Å². The van der Waals surface area contributed by atoms with E-state index in [0.29, 0.717) is 32.1 Å². The maximum absolute atomic E-state index is 13.3. The normalized spacial score (nSPS) is 14.8. The first-order chi connectivity index (χ1) is 18.2. The maximum Gasteiger partial charge on any atom is 0.277 e. The Hall–Kier alpha value is -2.94. The minimum absolute atomic E-state index is 0.131. The monoisotopic (exact) mass is 559 g/mol. The van der Waals surface area contributed by atoms with Crippen LogP contribution < -0.4 is 10.4 Å². The van der Waals surface area contributed by atoms with Crippen LogP contribution in [0.1, 0.15) is 15.2 Å². The summed E-state index contributed by atoms with van der Waals surface area (Å²) in [6.45, 7) is 4.21. The number of nitrogens with one attached hydrogen (secondary N) is 1. The molecule has 11 nitrogen and oxygen atoms in total. The summed E-state index contributed by atoms with van der Waals surface area (Å²) in [7, 11) is 2.60. The predicted molar refractivity (Wildman–Crippen MR) is 147 cm³/mol. The number of rotatable bonds is 10. The van der Waals surface area contributed by atoms with Gasteiger partial charge in [0, 0.05) is 63.1 Å². The molecule has 38 heavy (non-hydrogen) atoms. The van der Waals surface area contributed by atoms with Crippen molar-refractivity contribution in [3.05, 3.63) is 58.5 Å². The highest BCUT2D eigenvalue weighted by molar-refractivity contribution is 7.89. The largest absolute Gasteiger partial charge is 0.338 e. The van der Waals surface area contributed by atoms with E-state index in [1.54, 1.807) is 23.5 Å². The molecule has 3 heterocycles. The number of carbonyl (C=O) groups is 1. The number of aromatic nitrogens is 2. The molecule has 204 valence electrons. The van der Waals surface area contributed by atoms with Crippen LogP contribution in [-0.4, -0.2) is 104 Å². The first-order valence-corrected chi connectivity index (χ1v) is 14.5. The zero-order chi connectivity index (χ0) is 27.3. The molecule has 0 spiro atoms. The van der Waals surface area contributed by atoms with Gasteiger partial charge in [-0.2, -0.15) is 4.31 Å². The van der Waals surface area contributed by atoms with E-state index in [1.807, 2.05) is 17.0 Å². The van der Waals surface area contributed by atoms with Gasteiger partial charge < -0.3 is 14.7 Å². The molecule has 1 fully saturated rings. The third-order valence-electron chi connectivity index (χ3n) is 6.41. The van der Waals surface area contributed by atoms with Gasteiger partial charge in [-0.1, -0.05) is 12.1 Å². The van der Waals surface area contributed by atoms with Crippen LogP contribution in [0.2, 0.25) is 0 Å². The fourth-order valence-corrected chi connectivity index (χ4v) is 6.56. The average Bonchev–Trinajstić information content (AvgIpc) is 3.39. The number of benzene rings is 1. The molecular formula is C25H33N7O4S2. The van der Waals surface area contributed by atoms with Gasteiger partial charge in [0.05, 0.1) is 10.5 Å². The third kappa shape index (κ3) is 6.54. The van der Waals surface area contributed by atoms with Crippen molar-refractivity contribution in [2.45, 2.75) is 11.4 Å². The van der Waals surface area contributed by atoms with Gasteiger partial charge in [-0.25, -0.2) is 23.9 Å². The van der Waals surface area contributed by atoms with Gasteiger partial charge in [-0.05, 0) is 55.8 Å². The van der Waals surface area contributed by atoms with Crippen LogP contribution in [0.25, 0.3) is 11.1 Å². The molecule has 1 aliphatic rings. The Morgan fingerprint density at radius 1 is 1.03 bits per heavy atom. The minimum atomic E-state index is -3.64. The Morgan fingerprint density at radius 2 is 1.68 bits per heavy atom. The molecule has 0 bridgehead atoms. The highest BCUT2D eigenvalue weighted by Gasteiger charge is 2.29. The first-order valence-electron chi connectivity index (χ1n) is 12.2. The zero-order valence-corrected chi connectivity index (χ0v) is 23.4. The van der Waals surface area contributed by atoms with Gasteiger partial charge in [0.15, 0.2) is 0 Å². The lowest BCUT2D eigenvalue weighted by Gasteiger charge is -2.34. The van der Waals surface area contributed by atoms with Crippen molar-refractivity contribution in [3.63, 3.8) is 0 Å². The van der Waals surface area contributed by atoms with Gasteiger partial charge in [-0.3, -0.25) is 10.0 Å².